The van der Waals surface area contributed by atoms with Crippen molar-refractivity contribution in [1.82, 2.24) is 10.6 Å². The fourth-order valence-corrected chi connectivity index (χ4v) is 5.22. The highest BCUT2D eigenvalue weighted by Gasteiger charge is 2.53. The lowest BCUT2D eigenvalue weighted by atomic mass is 9.83. The largest absolute Gasteiger partial charge is 0.388 e. The van der Waals surface area contributed by atoms with Gasteiger partial charge in [-0.3, -0.25) is 4.79 Å². The highest BCUT2D eigenvalue weighted by molar-refractivity contribution is 5.81. The van der Waals surface area contributed by atoms with Crippen molar-refractivity contribution >= 4 is 5.91 Å². The predicted molar refractivity (Wildman–Crippen MR) is 130 cm³/mol. The molecule has 1 saturated carbocycles. The average molecular weight is 570 g/mol. The molecule has 0 aromatic carbocycles. The molecule has 0 radical (unpaired) electrons. The Morgan fingerprint density at radius 1 is 1.03 bits per heavy atom. The Labute approximate surface area is 225 Å². The molecule has 2 saturated heterocycles. The summed E-state index contributed by atoms with van der Waals surface area (Å²) in [6, 6.07) is -2.92. The maximum Gasteiger partial charge on any atom is 0.250 e. The van der Waals surface area contributed by atoms with Crippen molar-refractivity contribution in [3.63, 3.8) is 0 Å². The standard InChI is InChI=1S/C22H43N5O12/c1-22(35)6-36-20(15(33)18(22)26-2)39-17-8(27-19(34)9(28)4-23)3-7(25)16(14(17)32)38-21-13(31)12(30)11(29)10(5-24)37-21/h7-18,20-21,26,28-33,35H,3-6,23-25H2,1-2H3,(H,27,34)/t7-,8+,9-,10+,11-,12?,13+,14-,15+,16+,17-,18+,20+,21+,22-/m0/s1. The molecule has 3 fully saturated rings. The fourth-order valence-electron chi connectivity index (χ4n) is 5.22. The minimum Gasteiger partial charge on any atom is -0.388 e. The molecular weight excluding hydrogens is 526 g/mol. The summed E-state index contributed by atoms with van der Waals surface area (Å²) in [6.07, 6.45) is -16.3. The maximum atomic E-state index is 12.4. The van der Waals surface area contributed by atoms with E-state index in [9.17, 15) is 40.5 Å². The molecule has 0 aromatic heterocycles. The van der Waals surface area contributed by atoms with Gasteiger partial charge >= 0.3 is 0 Å². The second-order valence-corrected chi connectivity index (χ2v) is 10.5. The van der Waals surface area contributed by atoms with Crippen molar-refractivity contribution < 1.29 is 59.5 Å². The number of hydrogen-bond acceptors (Lipinski definition) is 16. The van der Waals surface area contributed by atoms with E-state index >= 15 is 0 Å². The number of carbonyl (C=O) groups excluding carboxylic acids is 1. The van der Waals surface area contributed by atoms with E-state index in [0.717, 1.165) is 0 Å². The number of ether oxygens (including phenoxy) is 4. The van der Waals surface area contributed by atoms with Gasteiger partial charge < -0.3 is 82.5 Å². The second kappa shape index (κ2) is 13.2. The summed E-state index contributed by atoms with van der Waals surface area (Å²) in [5.74, 6) is -0.857. The highest BCUT2D eigenvalue weighted by Crippen LogP contribution is 2.32. The van der Waals surface area contributed by atoms with Gasteiger partial charge in [0, 0.05) is 19.1 Å². The summed E-state index contributed by atoms with van der Waals surface area (Å²) in [5.41, 5.74) is 15.8. The van der Waals surface area contributed by atoms with E-state index in [1.807, 2.05) is 0 Å². The normalized spacial score (nSPS) is 47.9. The number of hydrogen-bond donors (Lipinski definition) is 12. The first-order chi connectivity index (χ1) is 18.3. The van der Waals surface area contributed by atoms with Crippen LogP contribution in [-0.2, 0) is 23.7 Å². The van der Waals surface area contributed by atoms with Gasteiger partial charge in [-0.15, -0.1) is 0 Å². The van der Waals surface area contributed by atoms with Gasteiger partial charge in [0.25, 0.3) is 0 Å². The van der Waals surface area contributed by atoms with Gasteiger partial charge in [0.2, 0.25) is 5.91 Å². The first-order valence-corrected chi connectivity index (χ1v) is 12.8. The molecule has 1 unspecified atom stereocenters. The summed E-state index contributed by atoms with van der Waals surface area (Å²) in [6.45, 7) is 0.634. The van der Waals surface area contributed by atoms with Crippen LogP contribution in [0.2, 0.25) is 0 Å². The van der Waals surface area contributed by atoms with Crippen LogP contribution in [-0.4, -0.2) is 160 Å². The zero-order valence-electron chi connectivity index (χ0n) is 21.8. The molecule has 228 valence electrons. The van der Waals surface area contributed by atoms with Gasteiger partial charge in [0.15, 0.2) is 12.6 Å². The molecule has 1 aliphatic carbocycles. The fraction of sp³-hybridized carbons (Fsp3) is 0.955. The Morgan fingerprint density at radius 3 is 2.26 bits per heavy atom. The zero-order chi connectivity index (χ0) is 29.2. The first-order valence-electron chi connectivity index (χ1n) is 12.8. The molecule has 1 amide bonds. The van der Waals surface area contributed by atoms with Crippen LogP contribution >= 0.6 is 0 Å². The van der Waals surface area contributed by atoms with E-state index in [-0.39, 0.29) is 26.1 Å². The van der Waals surface area contributed by atoms with E-state index in [1.165, 1.54) is 14.0 Å². The predicted octanol–water partition coefficient (Wildman–Crippen LogP) is -7.52. The van der Waals surface area contributed by atoms with E-state index in [2.05, 4.69) is 10.6 Å². The summed E-state index contributed by atoms with van der Waals surface area (Å²) in [4.78, 5) is 12.4. The number of nitrogens with one attached hydrogen (secondary N) is 2. The summed E-state index contributed by atoms with van der Waals surface area (Å²) >= 11 is 0. The smallest absolute Gasteiger partial charge is 0.250 e. The van der Waals surface area contributed by atoms with Crippen LogP contribution in [0.15, 0.2) is 0 Å². The molecule has 0 bridgehead atoms. The monoisotopic (exact) mass is 569 g/mol. The SMILES string of the molecule is CN[C@@H]1[C@@H](O)[C@@H](O[C@@H]2[C@@H](O)[C@H](O[C@H]3O[C@H](CN)[C@H](O)C(O)[C@H]3O)[C@@H](N)C[C@H]2NC(=O)[C@@H](O)CN)OC[C@]1(C)O. The van der Waals surface area contributed by atoms with E-state index in [1.54, 1.807) is 0 Å². The second-order valence-electron chi connectivity index (χ2n) is 10.5. The van der Waals surface area contributed by atoms with E-state index in [0.29, 0.717) is 0 Å². The van der Waals surface area contributed by atoms with E-state index < -0.39 is 97.1 Å². The number of amides is 1. The van der Waals surface area contributed by atoms with Gasteiger partial charge in [-0.25, -0.2) is 0 Å². The number of aliphatic hydroxyl groups excluding tert-OH is 6. The lowest BCUT2D eigenvalue weighted by molar-refractivity contribution is -0.330. The molecule has 3 aliphatic rings. The van der Waals surface area contributed by atoms with Crippen LogP contribution in [0.5, 0.6) is 0 Å². The molecule has 3 rings (SSSR count). The molecule has 15 atom stereocenters. The van der Waals surface area contributed by atoms with Crippen LogP contribution in [0.4, 0.5) is 0 Å². The molecule has 39 heavy (non-hydrogen) atoms. The Balaban J connectivity index is 1.84. The lowest BCUT2D eigenvalue weighted by Crippen LogP contribution is -2.70. The third-order valence-corrected chi connectivity index (χ3v) is 7.50. The quantitative estimate of drug-likeness (QED) is 0.123. The Morgan fingerprint density at radius 2 is 1.67 bits per heavy atom. The molecule has 0 spiro atoms. The number of rotatable bonds is 9. The third-order valence-electron chi connectivity index (χ3n) is 7.50. The van der Waals surface area contributed by atoms with Gasteiger partial charge in [-0.2, -0.15) is 0 Å². The van der Waals surface area contributed by atoms with Crippen LogP contribution in [0, 0.1) is 0 Å². The number of carbonyl (C=O) groups is 1. The van der Waals surface area contributed by atoms with Crippen LogP contribution < -0.4 is 27.8 Å². The van der Waals surface area contributed by atoms with Crippen molar-refractivity contribution in [2.45, 2.75) is 105 Å². The van der Waals surface area contributed by atoms with Crippen molar-refractivity contribution in [3.05, 3.63) is 0 Å². The van der Waals surface area contributed by atoms with Gasteiger partial charge in [0.1, 0.15) is 60.5 Å². The molecular formula is C22H43N5O12. The minimum absolute atomic E-state index is 0.0836. The highest BCUT2D eigenvalue weighted by atomic mass is 16.7. The number of aliphatic hydroxyl groups is 7. The van der Waals surface area contributed by atoms with Crippen molar-refractivity contribution in [2.24, 2.45) is 17.2 Å². The van der Waals surface area contributed by atoms with Gasteiger partial charge in [-0.1, -0.05) is 0 Å². The molecule has 2 heterocycles. The Bertz CT molecular complexity index is 811. The molecule has 17 nitrogen and oxygen atoms in total. The van der Waals surface area contributed by atoms with Crippen molar-refractivity contribution in [3.8, 4) is 0 Å². The van der Waals surface area contributed by atoms with Crippen molar-refractivity contribution in [1.29, 1.82) is 0 Å². The Kier molecular flexibility index (Phi) is 11.0. The number of nitrogens with two attached hydrogens (primary N) is 3. The molecule has 17 heteroatoms. The summed E-state index contributed by atoms with van der Waals surface area (Å²) in [7, 11) is 1.52. The third kappa shape index (κ3) is 6.85. The molecule has 2 aliphatic heterocycles. The van der Waals surface area contributed by atoms with E-state index in [4.69, 9.17) is 36.1 Å². The van der Waals surface area contributed by atoms with Gasteiger partial charge in [0.05, 0.1) is 18.7 Å². The number of likely N-dealkylation sites (N-methyl/N-ethyl adjacent to an activating group) is 1. The molecule has 0 aromatic rings. The average Bonchev–Trinajstić information content (AvgIpc) is 2.89. The van der Waals surface area contributed by atoms with Crippen molar-refractivity contribution in [2.75, 3.05) is 26.7 Å². The maximum absolute atomic E-state index is 12.4. The van der Waals surface area contributed by atoms with Crippen LogP contribution in [0.3, 0.4) is 0 Å². The van der Waals surface area contributed by atoms with Crippen LogP contribution in [0.25, 0.3) is 0 Å². The lowest BCUT2D eigenvalue weighted by Gasteiger charge is -2.49. The summed E-state index contributed by atoms with van der Waals surface area (Å²) in [5, 5.41) is 78.5. The zero-order valence-corrected chi connectivity index (χ0v) is 21.8. The minimum atomic E-state index is -1.72. The molecule has 15 N–H and O–H groups in total. The van der Waals surface area contributed by atoms with Gasteiger partial charge in [-0.05, 0) is 20.4 Å². The first kappa shape index (κ1) is 32.4. The Hall–Kier alpha value is -1.13. The topological polar surface area (TPSA) is 298 Å². The summed E-state index contributed by atoms with van der Waals surface area (Å²) < 4.78 is 22.7. The van der Waals surface area contributed by atoms with Crippen LogP contribution in [0.1, 0.15) is 13.3 Å².